The zero-order valence-electron chi connectivity index (χ0n) is 24.8. The van der Waals surface area contributed by atoms with E-state index in [4.69, 9.17) is 0 Å². The van der Waals surface area contributed by atoms with E-state index >= 15 is 0 Å². The minimum absolute atomic E-state index is 0.0101. The minimum atomic E-state index is -0.304. The third kappa shape index (κ3) is 9.24. The van der Waals surface area contributed by atoms with Gasteiger partial charge in [0.1, 0.15) is 0 Å². The van der Waals surface area contributed by atoms with Gasteiger partial charge in [0, 0.05) is 48.6 Å². The number of likely N-dealkylation sites (tertiary alicyclic amines) is 1. The van der Waals surface area contributed by atoms with Gasteiger partial charge in [0.25, 0.3) is 0 Å². The van der Waals surface area contributed by atoms with Crippen LogP contribution >= 0.6 is 22.6 Å². The van der Waals surface area contributed by atoms with E-state index in [-0.39, 0.29) is 29.8 Å². The van der Waals surface area contributed by atoms with Crippen molar-refractivity contribution < 1.29 is 9.59 Å². The Bertz CT molecular complexity index is 1290. The number of nitrogens with one attached hydrogen (secondary N) is 2. The fourth-order valence-corrected chi connectivity index (χ4v) is 6.63. The molecule has 2 heterocycles. The molecule has 0 unspecified atom stereocenters. The fraction of sp³-hybridized carbons (Fsp3) is 0.389. The number of rotatable bonds is 11. The molecule has 226 valence electrons. The number of carbonyl (C=O) groups excluding carboxylic acids is 2. The molecule has 2 atom stereocenters. The number of amides is 2. The van der Waals surface area contributed by atoms with Crippen LogP contribution in [0.4, 0.5) is 0 Å². The Morgan fingerprint density at radius 2 is 1.56 bits per heavy atom. The molecule has 2 fully saturated rings. The van der Waals surface area contributed by atoms with Crippen LogP contribution in [0.2, 0.25) is 0 Å². The van der Waals surface area contributed by atoms with Gasteiger partial charge in [0.2, 0.25) is 11.8 Å². The molecule has 0 aliphatic carbocycles. The maximum absolute atomic E-state index is 14.1. The molecule has 3 aromatic rings. The quantitative estimate of drug-likeness (QED) is 0.156. The van der Waals surface area contributed by atoms with Gasteiger partial charge in [-0.15, -0.1) is 0 Å². The molecule has 0 saturated carbocycles. The van der Waals surface area contributed by atoms with Crippen LogP contribution in [0.3, 0.4) is 0 Å². The van der Waals surface area contributed by atoms with Gasteiger partial charge < -0.3 is 20.4 Å². The molecule has 2 aliphatic rings. The largest absolute Gasteiger partial charge is 0.351 e. The van der Waals surface area contributed by atoms with E-state index < -0.39 is 0 Å². The highest BCUT2D eigenvalue weighted by Crippen LogP contribution is 2.27. The number of halogens is 1. The summed E-state index contributed by atoms with van der Waals surface area (Å²) in [5.74, 6) is 0.133. The van der Waals surface area contributed by atoms with Crippen molar-refractivity contribution in [2.24, 2.45) is 0 Å². The average Bonchev–Trinajstić information content (AvgIpc) is 3.21. The number of benzene rings is 3. The van der Waals surface area contributed by atoms with Crippen molar-refractivity contribution in [1.29, 1.82) is 0 Å². The average molecular weight is 691 g/mol. The van der Waals surface area contributed by atoms with Crippen molar-refractivity contribution in [3.63, 3.8) is 0 Å². The number of carbonyl (C=O) groups is 2. The van der Waals surface area contributed by atoms with Crippen molar-refractivity contribution in [2.75, 3.05) is 39.3 Å². The maximum Gasteiger partial charge on any atom is 0.244 e. The molecule has 0 spiro atoms. The molecule has 0 bridgehead atoms. The van der Waals surface area contributed by atoms with Gasteiger partial charge in [-0.05, 0) is 60.7 Å². The van der Waals surface area contributed by atoms with E-state index in [1.54, 1.807) is 6.08 Å². The number of nitrogens with zero attached hydrogens (tertiary/aromatic N) is 2. The van der Waals surface area contributed by atoms with Gasteiger partial charge in [0.15, 0.2) is 0 Å². The van der Waals surface area contributed by atoms with Crippen molar-refractivity contribution in [3.8, 4) is 0 Å². The zero-order valence-corrected chi connectivity index (χ0v) is 27.0. The summed E-state index contributed by atoms with van der Waals surface area (Å²) >= 11 is 2.35. The van der Waals surface area contributed by atoms with Gasteiger partial charge in [0.05, 0.1) is 6.04 Å². The van der Waals surface area contributed by atoms with Crippen molar-refractivity contribution in [3.05, 3.63) is 113 Å². The van der Waals surface area contributed by atoms with Crippen LogP contribution in [0.5, 0.6) is 0 Å². The van der Waals surface area contributed by atoms with Crippen LogP contribution in [-0.4, -0.2) is 73.0 Å². The summed E-state index contributed by atoms with van der Waals surface area (Å²) in [7, 11) is 0. The van der Waals surface area contributed by atoms with Crippen molar-refractivity contribution in [1.82, 2.24) is 20.4 Å². The monoisotopic (exact) mass is 690 g/mol. The lowest BCUT2D eigenvalue weighted by molar-refractivity contribution is -0.133. The molecule has 6 nitrogen and oxygen atoms in total. The third-order valence-electron chi connectivity index (χ3n) is 8.57. The first-order valence-electron chi connectivity index (χ1n) is 15.6. The molecule has 2 aliphatic heterocycles. The van der Waals surface area contributed by atoms with Crippen LogP contribution in [0.1, 0.15) is 53.9 Å². The highest BCUT2D eigenvalue weighted by molar-refractivity contribution is 14.1. The molecular formula is C36H43IN4O2. The first-order valence-corrected chi connectivity index (χ1v) is 17.1. The highest BCUT2D eigenvalue weighted by atomic mass is 127. The molecule has 2 N–H and O–H groups in total. The summed E-state index contributed by atoms with van der Waals surface area (Å²) in [5.41, 5.74) is 4.70. The Kier molecular flexibility index (Phi) is 11.8. The summed E-state index contributed by atoms with van der Waals surface area (Å²) in [5, 5.41) is 6.75. The SMILES string of the molecule is O=C(/C=C/c1ccc(CI)cc1)NC[C@@H]1CCN(CC(c2ccccc2)c2ccccc2)C(=O)[C@H](CN2CCCCC2)N1. The normalized spacial score (nSPS) is 20.0. The summed E-state index contributed by atoms with van der Waals surface area (Å²) in [6, 6.07) is 29.0. The number of alkyl halides is 1. The predicted octanol–water partition coefficient (Wildman–Crippen LogP) is 5.63. The van der Waals surface area contributed by atoms with E-state index in [9.17, 15) is 9.59 Å². The second-order valence-electron chi connectivity index (χ2n) is 11.7. The lowest BCUT2D eigenvalue weighted by atomic mass is 9.90. The van der Waals surface area contributed by atoms with Crippen LogP contribution in [-0.2, 0) is 14.0 Å². The standard InChI is InChI=1S/C36H43IN4O2/c37-24-29-16-14-28(15-17-29)18-19-35(42)38-25-32-20-23-41(36(43)34(39-32)27-40-21-8-3-9-22-40)26-33(30-10-4-1-5-11-30)31-12-6-2-7-13-31/h1-2,4-7,10-19,32-34,39H,3,8-9,20-27H2,(H,38,42)/b19-18+/t32-,34-/m0/s1. The lowest BCUT2D eigenvalue weighted by Crippen LogP contribution is -2.54. The Balaban J connectivity index is 1.28. The smallest absolute Gasteiger partial charge is 0.244 e. The molecule has 0 aromatic heterocycles. The number of hydrogen-bond donors (Lipinski definition) is 2. The predicted molar refractivity (Wildman–Crippen MR) is 183 cm³/mol. The Morgan fingerprint density at radius 1 is 0.907 bits per heavy atom. The third-order valence-corrected chi connectivity index (χ3v) is 9.46. The topological polar surface area (TPSA) is 64.7 Å². The highest BCUT2D eigenvalue weighted by Gasteiger charge is 2.34. The number of hydrogen-bond acceptors (Lipinski definition) is 4. The molecule has 2 amide bonds. The summed E-state index contributed by atoms with van der Waals surface area (Å²) in [6.45, 7) is 4.53. The van der Waals surface area contributed by atoms with E-state index in [0.29, 0.717) is 26.2 Å². The van der Waals surface area contributed by atoms with Crippen LogP contribution in [0.15, 0.2) is 91.0 Å². The van der Waals surface area contributed by atoms with Crippen LogP contribution in [0.25, 0.3) is 6.08 Å². The molecule has 3 aromatic carbocycles. The minimum Gasteiger partial charge on any atom is -0.351 e. The molecule has 7 heteroatoms. The molecule has 0 radical (unpaired) electrons. The fourth-order valence-electron chi connectivity index (χ4n) is 6.12. The van der Waals surface area contributed by atoms with Crippen LogP contribution in [0, 0.1) is 0 Å². The Morgan fingerprint density at radius 3 is 2.19 bits per heavy atom. The Hall–Kier alpha value is -3.01. The molecular weight excluding hydrogens is 647 g/mol. The van der Waals surface area contributed by atoms with Crippen molar-refractivity contribution >= 4 is 40.5 Å². The van der Waals surface area contributed by atoms with E-state index in [2.05, 4.69) is 104 Å². The summed E-state index contributed by atoms with van der Waals surface area (Å²) in [6.07, 6.45) is 7.85. The summed E-state index contributed by atoms with van der Waals surface area (Å²) in [4.78, 5) is 31.4. The molecule has 43 heavy (non-hydrogen) atoms. The van der Waals surface area contributed by atoms with Gasteiger partial charge in [-0.2, -0.15) is 0 Å². The molecule has 2 saturated heterocycles. The van der Waals surface area contributed by atoms with Gasteiger partial charge in [-0.25, -0.2) is 0 Å². The van der Waals surface area contributed by atoms with Gasteiger partial charge in [-0.3, -0.25) is 9.59 Å². The molecule has 5 rings (SSSR count). The lowest BCUT2D eigenvalue weighted by Gasteiger charge is -2.33. The van der Waals surface area contributed by atoms with E-state index in [0.717, 1.165) is 29.5 Å². The van der Waals surface area contributed by atoms with Gasteiger partial charge in [-0.1, -0.05) is 114 Å². The first-order chi connectivity index (χ1) is 21.1. The van der Waals surface area contributed by atoms with Gasteiger partial charge >= 0.3 is 0 Å². The number of piperidine rings is 1. The van der Waals surface area contributed by atoms with Crippen LogP contribution < -0.4 is 10.6 Å². The summed E-state index contributed by atoms with van der Waals surface area (Å²) < 4.78 is 0.967. The van der Waals surface area contributed by atoms with E-state index in [1.807, 2.05) is 30.3 Å². The first kappa shape index (κ1) is 31.4. The van der Waals surface area contributed by atoms with E-state index in [1.165, 1.54) is 36.0 Å². The maximum atomic E-state index is 14.1. The van der Waals surface area contributed by atoms with Crippen molar-refractivity contribution in [2.45, 2.75) is 48.1 Å². The Labute approximate surface area is 270 Å². The second-order valence-corrected chi connectivity index (χ2v) is 12.4. The zero-order chi connectivity index (χ0) is 29.9. The second kappa shape index (κ2) is 16.2.